The molecule has 5 aromatic rings. The van der Waals surface area contributed by atoms with Crippen molar-refractivity contribution >= 4 is 19.0 Å². The zero-order valence-corrected chi connectivity index (χ0v) is 25.4. The van der Waals surface area contributed by atoms with E-state index in [9.17, 15) is 4.79 Å². The van der Waals surface area contributed by atoms with E-state index in [4.69, 9.17) is 27.8 Å². The van der Waals surface area contributed by atoms with Gasteiger partial charge in [0.2, 0.25) is 0 Å². The molecule has 1 aliphatic rings. The molecule has 0 aliphatic carbocycles. The van der Waals surface area contributed by atoms with Gasteiger partial charge in [-0.3, -0.25) is 4.79 Å². The van der Waals surface area contributed by atoms with Gasteiger partial charge in [-0.15, -0.1) is 0 Å². The molecule has 0 radical (unpaired) electrons. The van der Waals surface area contributed by atoms with Crippen LogP contribution in [0.5, 0.6) is 23.0 Å². The highest BCUT2D eigenvalue weighted by Gasteiger charge is 2.44. The van der Waals surface area contributed by atoms with E-state index in [-0.39, 0.29) is 17.1 Å². The quantitative estimate of drug-likeness (QED) is 0.159. The van der Waals surface area contributed by atoms with E-state index in [1.54, 1.807) is 41.0 Å². The Labute approximate surface area is 252 Å². The van der Waals surface area contributed by atoms with Crippen molar-refractivity contribution in [3.63, 3.8) is 0 Å². The summed E-state index contributed by atoms with van der Waals surface area (Å²) in [5, 5.41) is 1.05. The molecule has 2 atom stereocenters. The van der Waals surface area contributed by atoms with Crippen molar-refractivity contribution < 1.29 is 32.6 Å². The number of methoxy groups -OCH3 is 4. The monoisotopic (exact) mass is 596 g/mol. The first-order valence-corrected chi connectivity index (χ1v) is 15.5. The Morgan fingerprint density at radius 2 is 0.977 bits per heavy atom. The molecule has 0 amide bonds. The molecule has 8 heteroatoms. The number of furan rings is 2. The third kappa shape index (κ3) is 5.19. The van der Waals surface area contributed by atoms with Crippen LogP contribution in [0.4, 0.5) is 0 Å². The Kier molecular flexibility index (Phi) is 8.26. The summed E-state index contributed by atoms with van der Waals surface area (Å²) in [4.78, 5) is 13.4. The fourth-order valence-corrected chi connectivity index (χ4v) is 9.77. The van der Waals surface area contributed by atoms with Gasteiger partial charge in [0.05, 0.1) is 52.1 Å². The molecule has 3 heterocycles. The third-order valence-corrected chi connectivity index (χ3v) is 11.2. The summed E-state index contributed by atoms with van der Waals surface area (Å²) in [5.74, 6) is 4.43. The predicted octanol–water partition coefficient (Wildman–Crippen LogP) is 8.19. The number of hydrogen-bond donors (Lipinski definition) is 0. The summed E-state index contributed by atoms with van der Waals surface area (Å²) in [5.41, 5.74) is 3.12. The predicted molar refractivity (Wildman–Crippen MR) is 167 cm³/mol. The van der Waals surface area contributed by atoms with Gasteiger partial charge in [-0.25, -0.2) is 0 Å². The van der Waals surface area contributed by atoms with Gasteiger partial charge in [0.1, 0.15) is 40.3 Å². The largest absolute Gasteiger partial charge is 0.496 e. The van der Waals surface area contributed by atoms with Gasteiger partial charge in [0.15, 0.2) is 0 Å². The Hall–Kier alpha value is -4.48. The van der Waals surface area contributed by atoms with Crippen LogP contribution in [0.1, 0.15) is 35.7 Å². The number of carbonyl (C=O) groups is 1. The molecule has 220 valence electrons. The van der Waals surface area contributed by atoms with Crippen molar-refractivity contribution in [2.24, 2.45) is 0 Å². The Morgan fingerprint density at radius 1 is 0.581 bits per heavy atom. The Morgan fingerprint density at radius 3 is 1.33 bits per heavy atom. The van der Waals surface area contributed by atoms with Gasteiger partial charge in [-0.05, 0) is 65.0 Å². The fourth-order valence-electron chi connectivity index (χ4n) is 6.14. The maximum Gasteiger partial charge on any atom is 0.135 e. The first-order chi connectivity index (χ1) is 21.1. The highest BCUT2D eigenvalue weighted by molar-refractivity contribution is 7.67. The van der Waals surface area contributed by atoms with Crippen LogP contribution in [0.15, 0.2) is 100 Å². The summed E-state index contributed by atoms with van der Waals surface area (Å²) in [6.07, 6.45) is 4.05. The van der Waals surface area contributed by atoms with E-state index in [2.05, 4.69) is 12.1 Å². The lowest BCUT2D eigenvalue weighted by molar-refractivity contribution is -0.119. The van der Waals surface area contributed by atoms with Crippen molar-refractivity contribution in [3.05, 3.63) is 103 Å². The van der Waals surface area contributed by atoms with Gasteiger partial charge in [0, 0.05) is 24.2 Å². The average Bonchev–Trinajstić information content (AvgIpc) is 3.79. The fraction of sp³-hybridized carbons (Fsp3) is 0.229. The molecule has 2 unspecified atom stereocenters. The van der Waals surface area contributed by atoms with Crippen LogP contribution in [0.3, 0.4) is 0 Å². The lowest BCUT2D eigenvalue weighted by Crippen LogP contribution is -2.25. The minimum absolute atomic E-state index is 0.172. The molecule has 7 nitrogen and oxygen atoms in total. The lowest BCUT2D eigenvalue weighted by Gasteiger charge is -2.39. The highest BCUT2D eigenvalue weighted by atomic mass is 31.1. The molecule has 43 heavy (non-hydrogen) atoms. The molecule has 3 aromatic carbocycles. The molecule has 2 aromatic heterocycles. The van der Waals surface area contributed by atoms with Crippen molar-refractivity contribution in [2.45, 2.75) is 24.2 Å². The zero-order valence-electron chi connectivity index (χ0n) is 24.5. The van der Waals surface area contributed by atoms with Gasteiger partial charge in [-0.1, -0.05) is 38.3 Å². The van der Waals surface area contributed by atoms with Crippen LogP contribution in [0.2, 0.25) is 0 Å². The smallest absolute Gasteiger partial charge is 0.135 e. The molecule has 0 saturated carbocycles. The van der Waals surface area contributed by atoms with Crippen molar-refractivity contribution in [1.82, 2.24) is 0 Å². The van der Waals surface area contributed by atoms with E-state index in [1.165, 1.54) is 0 Å². The molecule has 0 spiro atoms. The third-order valence-electron chi connectivity index (χ3n) is 7.95. The van der Waals surface area contributed by atoms with Crippen LogP contribution in [-0.4, -0.2) is 34.2 Å². The average molecular weight is 597 g/mol. The lowest BCUT2D eigenvalue weighted by atomic mass is 9.96. The van der Waals surface area contributed by atoms with Crippen LogP contribution < -0.4 is 24.3 Å². The molecule has 1 saturated heterocycles. The molecule has 0 N–H and O–H groups in total. The Bertz CT molecular complexity index is 1540. The summed E-state index contributed by atoms with van der Waals surface area (Å²) >= 11 is 0. The number of benzene rings is 3. The Balaban J connectivity index is 1.75. The number of ketones is 1. The van der Waals surface area contributed by atoms with Crippen molar-refractivity contribution in [3.8, 4) is 45.3 Å². The van der Waals surface area contributed by atoms with Gasteiger partial charge < -0.3 is 27.8 Å². The zero-order chi connectivity index (χ0) is 29.9. The molecule has 6 rings (SSSR count). The number of hydrogen-bond acceptors (Lipinski definition) is 7. The van der Waals surface area contributed by atoms with E-state index in [0.717, 1.165) is 39.1 Å². The summed E-state index contributed by atoms with van der Waals surface area (Å²) in [6, 6.07) is 25.5. The molecular weight excluding hydrogens is 563 g/mol. The molecule has 1 fully saturated rings. The van der Waals surface area contributed by atoms with Crippen molar-refractivity contribution in [2.75, 3.05) is 28.4 Å². The van der Waals surface area contributed by atoms with E-state index >= 15 is 0 Å². The van der Waals surface area contributed by atoms with Crippen LogP contribution in [0.25, 0.3) is 22.3 Å². The molecule has 1 aliphatic heterocycles. The maximum absolute atomic E-state index is 13.4. The van der Waals surface area contributed by atoms with Crippen molar-refractivity contribution in [1.29, 1.82) is 0 Å². The first-order valence-electron chi connectivity index (χ1n) is 14.0. The second-order valence-corrected chi connectivity index (χ2v) is 12.7. The SMILES string of the molecule is COc1cccc(OC)c1-c1cccc(-c2c(OC)cccc2OC)c1P1C(c2ccco2)CC(=O)CC1c1ccco1. The number of ether oxygens (including phenoxy) is 4. The van der Waals surface area contributed by atoms with Gasteiger partial charge >= 0.3 is 0 Å². The van der Waals surface area contributed by atoms with Gasteiger partial charge in [-0.2, -0.15) is 0 Å². The minimum Gasteiger partial charge on any atom is -0.496 e. The number of carbonyl (C=O) groups excluding carboxylic acids is 1. The maximum atomic E-state index is 13.4. The van der Waals surface area contributed by atoms with Crippen LogP contribution in [-0.2, 0) is 4.79 Å². The second-order valence-electron chi connectivity index (χ2n) is 10.2. The highest BCUT2D eigenvalue weighted by Crippen LogP contribution is 2.68. The summed E-state index contributed by atoms with van der Waals surface area (Å²) < 4.78 is 35.8. The number of Topliss-reactive ketones (excluding diaryl/α,β-unsaturated/α-hetero) is 1. The van der Waals surface area contributed by atoms with E-state index in [1.807, 2.05) is 66.7 Å². The van der Waals surface area contributed by atoms with E-state index < -0.39 is 7.92 Å². The van der Waals surface area contributed by atoms with Crippen LogP contribution >= 0.6 is 7.92 Å². The minimum atomic E-state index is -1.21. The molecule has 0 bridgehead atoms. The van der Waals surface area contributed by atoms with Gasteiger partial charge in [0.25, 0.3) is 0 Å². The first kappa shape index (κ1) is 28.6. The number of rotatable bonds is 9. The summed E-state index contributed by atoms with van der Waals surface area (Å²) in [6.45, 7) is 0. The van der Waals surface area contributed by atoms with Crippen LogP contribution in [0, 0.1) is 0 Å². The second kappa shape index (κ2) is 12.4. The topological polar surface area (TPSA) is 80.3 Å². The van der Waals surface area contributed by atoms with E-state index in [0.29, 0.717) is 35.8 Å². The summed E-state index contributed by atoms with van der Waals surface area (Å²) in [7, 11) is 5.43. The molecular formula is C35H33O7P. The normalized spacial score (nSPS) is 18.3. The standard InChI is InChI=1S/C35H33O7P/c1-37-27-12-6-13-28(38-2)33(27)23-10-5-11-24(34-29(39-3)14-7-15-30(34)40-4)35(23)43-31(25-16-8-18-41-25)20-22(36)21-32(43)26-17-9-19-42-26/h5-19,31-32H,20-21H2,1-4H3.